The van der Waals surface area contributed by atoms with Crippen LogP contribution in [0.2, 0.25) is 0 Å². The number of halogens is 1. The van der Waals surface area contributed by atoms with Crippen LogP contribution >= 0.6 is 15.9 Å². The molecule has 1 aromatic rings. The van der Waals surface area contributed by atoms with Crippen LogP contribution in [0.25, 0.3) is 0 Å². The summed E-state index contributed by atoms with van der Waals surface area (Å²) in [6.07, 6.45) is 0.386. The Morgan fingerprint density at radius 2 is 2.06 bits per heavy atom. The average molecular weight is 285 g/mol. The number of Topliss-reactive ketones (excluding diaryl/α,β-unsaturated/α-hetero) is 1. The van der Waals surface area contributed by atoms with Crippen LogP contribution in [-0.2, 0) is 11.2 Å². The number of aryl methyl sites for hydroxylation is 1. The lowest BCUT2D eigenvalue weighted by molar-refractivity contribution is -0.136. The first kappa shape index (κ1) is 12.9. The van der Waals surface area contributed by atoms with Crippen molar-refractivity contribution in [1.82, 2.24) is 0 Å². The zero-order valence-corrected chi connectivity index (χ0v) is 10.6. The molecular formula is C12H13BrO3. The average Bonchev–Trinajstić information content (AvgIpc) is 2.21. The van der Waals surface area contributed by atoms with Crippen molar-refractivity contribution in [3.63, 3.8) is 0 Å². The van der Waals surface area contributed by atoms with Crippen LogP contribution < -0.4 is 0 Å². The molecule has 0 atom stereocenters. The first-order valence-electron chi connectivity index (χ1n) is 4.95. The van der Waals surface area contributed by atoms with Crippen LogP contribution in [0.1, 0.15) is 27.9 Å². The van der Waals surface area contributed by atoms with Gasteiger partial charge in [-0.25, -0.2) is 0 Å². The fraction of sp³-hybridized carbons (Fsp3) is 0.333. The number of ketones is 1. The Morgan fingerprint density at radius 1 is 1.38 bits per heavy atom. The minimum Gasteiger partial charge on any atom is -0.481 e. The van der Waals surface area contributed by atoms with Crippen molar-refractivity contribution in [2.75, 3.05) is 5.33 Å². The molecule has 1 N–H and O–H groups in total. The van der Waals surface area contributed by atoms with Gasteiger partial charge in [-0.05, 0) is 24.1 Å². The monoisotopic (exact) mass is 284 g/mol. The van der Waals surface area contributed by atoms with E-state index in [1.165, 1.54) is 0 Å². The number of hydrogen-bond donors (Lipinski definition) is 1. The fourth-order valence-electron chi connectivity index (χ4n) is 1.43. The van der Waals surface area contributed by atoms with Crippen LogP contribution in [0.15, 0.2) is 18.2 Å². The zero-order valence-electron chi connectivity index (χ0n) is 9.00. The van der Waals surface area contributed by atoms with Gasteiger partial charge in [-0.15, -0.1) is 0 Å². The number of carbonyl (C=O) groups is 2. The number of carboxylic acids is 1. The van der Waals surface area contributed by atoms with E-state index in [0.29, 0.717) is 22.9 Å². The molecule has 0 spiro atoms. The summed E-state index contributed by atoms with van der Waals surface area (Å²) in [7, 11) is 0. The second kappa shape index (κ2) is 5.80. The first-order valence-corrected chi connectivity index (χ1v) is 6.07. The number of aliphatic carboxylic acids is 1. The molecule has 4 heteroatoms. The van der Waals surface area contributed by atoms with Crippen molar-refractivity contribution in [2.24, 2.45) is 0 Å². The molecule has 16 heavy (non-hydrogen) atoms. The summed E-state index contributed by atoms with van der Waals surface area (Å²) in [4.78, 5) is 22.3. The normalized spacial score (nSPS) is 10.1. The largest absolute Gasteiger partial charge is 0.481 e. The highest BCUT2D eigenvalue weighted by molar-refractivity contribution is 9.09. The Balaban J connectivity index is 2.97. The predicted octanol–water partition coefficient (Wildman–Crippen LogP) is 2.59. The molecule has 0 aromatic heterocycles. The summed E-state index contributed by atoms with van der Waals surface area (Å²) >= 11 is 3.21. The second-order valence-corrected chi connectivity index (χ2v) is 4.37. The molecule has 0 bridgehead atoms. The van der Waals surface area contributed by atoms with Crippen LogP contribution in [0.4, 0.5) is 0 Å². The summed E-state index contributed by atoms with van der Waals surface area (Å²) in [5.74, 6) is -0.850. The van der Waals surface area contributed by atoms with E-state index in [-0.39, 0.29) is 12.2 Å². The van der Waals surface area contributed by atoms with Gasteiger partial charge >= 0.3 is 5.97 Å². The van der Waals surface area contributed by atoms with E-state index < -0.39 is 5.97 Å². The van der Waals surface area contributed by atoms with Crippen molar-refractivity contribution in [1.29, 1.82) is 0 Å². The highest BCUT2D eigenvalue weighted by Crippen LogP contribution is 2.14. The van der Waals surface area contributed by atoms with Gasteiger partial charge in [0.05, 0.1) is 6.42 Å². The summed E-state index contributed by atoms with van der Waals surface area (Å²) < 4.78 is 0. The third-order valence-electron chi connectivity index (χ3n) is 2.33. The number of carbonyl (C=O) groups excluding carboxylic acids is 1. The van der Waals surface area contributed by atoms with Gasteiger partial charge in [-0.3, -0.25) is 9.59 Å². The molecule has 0 fully saturated rings. The molecule has 0 aliphatic heterocycles. The first-order chi connectivity index (χ1) is 7.54. The Morgan fingerprint density at radius 3 is 2.62 bits per heavy atom. The van der Waals surface area contributed by atoms with E-state index in [1.807, 2.05) is 6.92 Å². The molecule has 0 amide bonds. The molecule has 0 saturated carbocycles. The van der Waals surface area contributed by atoms with E-state index in [9.17, 15) is 9.59 Å². The smallest absolute Gasteiger partial charge is 0.307 e. The lowest BCUT2D eigenvalue weighted by Gasteiger charge is -2.06. The van der Waals surface area contributed by atoms with Crippen LogP contribution in [0, 0.1) is 6.92 Å². The Bertz CT molecular complexity index is 413. The second-order valence-electron chi connectivity index (χ2n) is 3.57. The van der Waals surface area contributed by atoms with Gasteiger partial charge in [0.2, 0.25) is 0 Å². The fourth-order valence-corrected chi connectivity index (χ4v) is 1.79. The number of hydrogen-bond acceptors (Lipinski definition) is 2. The third kappa shape index (κ3) is 3.45. The van der Waals surface area contributed by atoms with Gasteiger partial charge in [-0.2, -0.15) is 0 Å². The Kier molecular flexibility index (Phi) is 4.68. The highest BCUT2D eigenvalue weighted by Gasteiger charge is 2.09. The topological polar surface area (TPSA) is 54.4 Å². The number of alkyl halides is 1. The summed E-state index contributed by atoms with van der Waals surface area (Å²) in [6, 6.07) is 5.21. The standard InChI is InChI=1S/C12H13BrO3/c1-8-2-3-9(11(14)4-5-13)6-10(8)7-12(15)16/h2-3,6H,4-5,7H2,1H3,(H,15,16). The summed E-state index contributed by atoms with van der Waals surface area (Å²) in [6.45, 7) is 1.84. The maximum atomic E-state index is 11.6. The number of rotatable bonds is 5. The van der Waals surface area contributed by atoms with Gasteiger partial charge in [0, 0.05) is 17.3 Å². The van der Waals surface area contributed by atoms with Crippen molar-refractivity contribution in [3.8, 4) is 0 Å². The lowest BCUT2D eigenvalue weighted by atomic mass is 9.99. The number of benzene rings is 1. The Labute approximate surface area is 103 Å². The number of carboxylic acid groups (broad SMARTS) is 1. The van der Waals surface area contributed by atoms with Gasteiger partial charge in [0.15, 0.2) is 5.78 Å². The molecule has 1 aromatic carbocycles. The van der Waals surface area contributed by atoms with Crippen LogP contribution in [-0.4, -0.2) is 22.2 Å². The highest BCUT2D eigenvalue weighted by atomic mass is 79.9. The van der Waals surface area contributed by atoms with E-state index in [1.54, 1.807) is 18.2 Å². The third-order valence-corrected chi connectivity index (χ3v) is 2.73. The molecule has 3 nitrogen and oxygen atoms in total. The minimum absolute atomic E-state index is 0.0310. The van der Waals surface area contributed by atoms with Crippen molar-refractivity contribution < 1.29 is 14.7 Å². The van der Waals surface area contributed by atoms with E-state index in [0.717, 1.165) is 5.56 Å². The molecule has 0 saturated heterocycles. The molecule has 0 aliphatic carbocycles. The van der Waals surface area contributed by atoms with Crippen LogP contribution in [0.3, 0.4) is 0 Å². The minimum atomic E-state index is -0.881. The van der Waals surface area contributed by atoms with Gasteiger partial charge in [-0.1, -0.05) is 28.1 Å². The summed E-state index contributed by atoms with van der Waals surface area (Å²) in [5, 5.41) is 9.35. The molecule has 0 aliphatic rings. The van der Waals surface area contributed by atoms with Crippen molar-refractivity contribution in [3.05, 3.63) is 34.9 Å². The maximum Gasteiger partial charge on any atom is 0.307 e. The van der Waals surface area contributed by atoms with Gasteiger partial charge < -0.3 is 5.11 Å². The quantitative estimate of drug-likeness (QED) is 0.668. The van der Waals surface area contributed by atoms with E-state index >= 15 is 0 Å². The molecule has 0 unspecified atom stereocenters. The SMILES string of the molecule is Cc1ccc(C(=O)CCBr)cc1CC(=O)O. The van der Waals surface area contributed by atoms with E-state index in [2.05, 4.69) is 15.9 Å². The molecule has 0 radical (unpaired) electrons. The van der Waals surface area contributed by atoms with Gasteiger partial charge in [0.25, 0.3) is 0 Å². The predicted molar refractivity (Wildman–Crippen MR) is 65.3 cm³/mol. The zero-order chi connectivity index (χ0) is 12.1. The maximum absolute atomic E-state index is 11.6. The van der Waals surface area contributed by atoms with Crippen molar-refractivity contribution >= 4 is 27.7 Å². The molecule has 86 valence electrons. The Hall–Kier alpha value is -1.16. The molecule has 1 rings (SSSR count). The summed E-state index contributed by atoms with van der Waals surface area (Å²) in [5.41, 5.74) is 2.19. The van der Waals surface area contributed by atoms with Crippen molar-refractivity contribution in [2.45, 2.75) is 19.8 Å². The van der Waals surface area contributed by atoms with E-state index in [4.69, 9.17) is 5.11 Å². The van der Waals surface area contributed by atoms with Crippen LogP contribution in [0.5, 0.6) is 0 Å². The molecular weight excluding hydrogens is 272 g/mol. The lowest BCUT2D eigenvalue weighted by Crippen LogP contribution is -2.05. The van der Waals surface area contributed by atoms with Gasteiger partial charge in [0.1, 0.15) is 0 Å². The molecule has 0 heterocycles.